The Morgan fingerprint density at radius 3 is 2.47 bits per heavy atom. The second-order valence-electron chi connectivity index (χ2n) is 11.0. The van der Waals surface area contributed by atoms with Gasteiger partial charge in [0.25, 0.3) is 0 Å². The number of nitrogens with zero attached hydrogens (tertiary/aromatic N) is 3. The second kappa shape index (κ2) is 11.3. The first-order valence-electron chi connectivity index (χ1n) is 12.6. The van der Waals surface area contributed by atoms with E-state index in [1.807, 2.05) is 30.3 Å². The van der Waals surface area contributed by atoms with Crippen LogP contribution in [-0.4, -0.2) is 41.7 Å². The first-order chi connectivity index (χ1) is 17.1. The number of benzene rings is 1. The fourth-order valence-electron chi connectivity index (χ4n) is 4.14. The molecule has 1 fully saturated rings. The van der Waals surface area contributed by atoms with Crippen LogP contribution in [0.1, 0.15) is 52.1 Å². The van der Waals surface area contributed by atoms with Crippen molar-refractivity contribution in [2.75, 3.05) is 11.6 Å². The number of fused-ring (bicyclic) bond motifs is 1. The Hall–Kier alpha value is -1.87. The van der Waals surface area contributed by atoms with E-state index in [1.54, 1.807) is 18.0 Å². The topological polar surface area (TPSA) is 69.2 Å². The van der Waals surface area contributed by atoms with Crippen LogP contribution in [0.5, 0.6) is 5.75 Å². The molecule has 0 unspecified atom stereocenters. The van der Waals surface area contributed by atoms with Crippen LogP contribution in [0, 0.1) is 0 Å². The standard InChI is InChI=1S/C27H37ClN4O2SSi/c1-27(2,3)36(5,6)34-21-13-11-20(12-14-21)33-25-22(28)15-10-18-16-29-26(32-24(18)25)31-23-9-7-8-19(30-23)17-35-4/h7-10,15-16,20-21H,11-14,17H2,1-6H3,(H,29,30,31,32). The van der Waals surface area contributed by atoms with E-state index in [4.69, 9.17) is 25.7 Å². The van der Waals surface area contributed by atoms with Crippen molar-refractivity contribution in [2.45, 2.75) is 82.5 Å². The van der Waals surface area contributed by atoms with Crippen molar-refractivity contribution in [3.63, 3.8) is 0 Å². The molecule has 2 heterocycles. The van der Waals surface area contributed by atoms with E-state index in [2.05, 4.69) is 55.4 Å². The molecule has 9 heteroatoms. The van der Waals surface area contributed by atoms with Gasteiger partial charge in [0.15, 0.2) is 14.1 Å². The molecule has 4 rings (SSSR count). The summed E-state index contributed by atoms with van der Waals surface area (Å²) < 4.78 is 13.1. The van der Waals surface area contributed by atoms with Crippen molar-refractivity contribution < 1.29 is 9.16 Å². The molecule has 0 atom stereocenters. The lowest BCUT2D eigenvalue weighted by Gasteiger charge is -2.41. The Labute approximate surface area is 225 Å². The monoisotopic (exact) mass is 544 g/mol. The minimum Gasteiger partial charge on any atom is -0.487 e. The van der Waals surface area contributed by atoms with E-state index in [0.29, 0.717) is 34.2 Å². The zero-order valence-electron chi connectivity index (χ0n) is 22.1. The third-order valence-electron chi connectivity index (χ3n) is 7.17. The second-order valence-corrected chi connectivity index (χ2v) is 17.0. The molecular formula is C27H37ClN4O2SSi. The summed E-state index contributed by atoms with van der Waals surface area (Å²) in [7, 11) is -1.77. The molecule has 0 saturated heterocycles. The van der Waals surface area contributed by atoms with E-state index in [1.165, 1.54) is 0 Å². The van der Waals surface area contributed by atoms with Crippen molar-refractivity contribution >= 4 is 54.3 Å². The number of aromatic nitrogens is 3. The summed E-state index contributed by atoms with van der Waals surface area (Å²) in [5.74, 6) is 2.66. The van der Waals surface area contributed by atoms with E-state index in [9.17, 15) is 0 Å². The third-order valence-corrected chi connectivity index (χ3v) is 12.6. The van der Waals surface area contributed by atoms with Gasteiger partial charge >= 0.3 is 0 Å². The van der Waals surface area contributed by atoms with Crippen LogP contribution in [0.2, 0.25) is 23.2 Å². The number of pyridine rings is 1. The third kappa shape index (κ3) is 6.51. The van der Waals surface area contributed by atoms with Gasteiger partial charge in [0.05, 0.1) is 16.8 Å². The van der Waals surface area contributed by atoms with Gasteiger partial charge in [-0.3, -0.25) is 0 Å². The fraction of sp³-hybridized carbons (Fsp3) is 0.519. The van der Waals surface area contributed by atoms with Gasteiger partial charge < -0.3 is 14.5 Å². The summed E-state index contributed by atoms with van der Waals surface area (Å²) in [4.78, 5) is 13.9. The minimum atomic E-state index is -1.77. The largest absolute Gasteiger partial charge is 0.487 e. The van der Waals surface area contributed by atoms with Gasteiger partial charge in [-0.2, -0.15) is 11.8 Å². The number of hydrogen-bond acceptors (Lipinski definition) is 7. The van der Waals surface area contributed by atoms with Crippen LogP contribution in [0.4, 0.5) is 11.8 Å². The van der Waals surface area contributed by atoms with Crippen molar-refractivity contribution in [3.8, 4) is 5.75 Å². The maximum absolute atomic E-state index is 6.65. The van der Waals surface area contributed by atoms with Gasteiger partial charge in [-0.1, -0.05) is 38.4 Å². The number of rotatable bonds is 8. The zero-order valence-corrected chi connectivity index (χ0v) is 24.7. The van der Waals surface area contributed by atoms with Crippen LogP contribution in [0.3, 0.4) is 0 Å². The molecule has 0 radical (unpaired) electrons. The van der Waals surface area contributed by atoms with Gasteiger partial charge in [-0.15, -0.1) is 0 Å². The molecule has 36 heavy (non-hydrogen) atoms. The maximum atomic E-state index is 6.65. The molecule has 1 aliphatic carbocycles. The van der Waals surface area contributed by atoms with Gasteiger partial charge in [0.2, 0.25) is 5.95 Å². The van der Waals surface area contributed by atoms with Crippen molar-refractivity contribution in [1.82, 2.24) is 15.0 Å². The van der Waals surface area contributed by atoms with E-state index in [0.717, 1.165) is 42.5 Å². The van der Waals surface area contributed by atoms with Crippen molar-refractivity contribution in [3.05, 3.63) is 47.2 Å². The molecule has 0 aliphatic heterocycles. The number of halogens is 1. The Balaban J connectivity index is 1.48. The fourth-order valence-corrected chi connectivity index (χ4v) is 6.22. The molecular weight excluding hydrogens is 508 g/mol. The minimum absolute atomic E-state index is 0.0867. The number of thioether (sulfide) groups is 1. The molecule has 3 aromatic rings. The van der Waals surface area contributed by atoms with Gasteiger partial charge in [-0.25, -0.2) is 15.0 Å². The van der Waals surface area contributed by atoms with E-state index >= 15 is 0 Å². The van der Waals surface area contributed by atoms with Crippen molar-refractivity contribution in [1.29, 1.82) is 0 Å². The highest BCUT2D eigenvalue weighted by molar-refractivity contribution is 7.97. The number of ether oxygens (including phenoxy) is 1. The Bertz CT molecular complexity index is 1200. The molecule has 2 aromatic heterocycles. The Kier molecular flexibility index (Phi) is 8.49. The first-order valence-corrected chi connectivity index (χ1v) is 17.3. The molecule has 1 N–H and O–H groups in total. The average molecular weight is 545 g/mol. The number of nitrogens with one attached hydrogen (secondary N) is 1. The van der Waals surface area contributed by atoms with Crippen molar-refractivity contribution in [2.24, 2.45) is 0 Å². The van der Waals surface area contributed by atoms with E-state index < -0.39 is 8.32 Å². The summed E-state index contributed by atoms with van der Waals surface area (Å²) in [5.41, 5.74) is 1.72. The van der Waals surface area contributed by atoms with Crippen LogP contribution < -0.4 is 10.1 Å². The van der Waals surface area contributed by atoms with Crippen LogP contribution >= 0.6 is 23.4 Å². The molecule has 0 spiro atoms. The molecule has 0 bridgehead atoms. The van der Waals surface area contributed by atoms with Gasteiger partial charge in [-0.05, 0) is 74.3 Å². The first kappa shape index (κ1) is 27.2. The average Bonchev–Trinajstić information content (AvgIpc) is 2.82. The molecule has 194 valence electrons. The maximum Gasteiger partial charge on any atom is 0.229 e. The number of anilines is 2. The highest BCUT2D eigenvalue weighted by atomic mass is 35.5. The molecule has 1 saturated carbocycles. The van der Waals surface area contributed by atoms with Crippen LogP contribution in [0.15, 0.2) is 36.5 Å². The lowest BCUT2D eigenvalue weighted by Crippen LogP contribution is -2.45. The van der Waals surface area contributed by atoms with Crippen LogP contribution in [-0.2, 0) is 10.2 Å². The predicted octanol–water partition coefficient (Wildman–Crippen LogP) is 8.00. The summed E-state index contributed by atoms with van der Waals surface area (Å²) in [5, 5.41) is 4.90. The van der Waals surface area contributed by atoms with E-state index in [-0.39, 0.29) is 11.1 Å². The van der Waals surface area contributed by atoms with Crippen LogP contribution in [0.25, 0.3) is 10.9 Å². The summed E-state index contributed by atoms with van der Waals surface area (Å²) in [6.07, 6.45) is 8.13. The lowest BCUT2D eigenvalue weighted by molar-refractivity contribution is 0.0733. The molecule has 1 aliphatic rings. The summed E-state index contributed by atoms with van der Waals surface area (Å²) in [6, 6.07) is 9.70. The highest BCUT2D eigenvalue weighted by Gasteiger charge is 2.40. The summed E-state index contributed by atoms with van der Waals surface area (Å²) in [6.45, 7) is 11.5. The molecule has 0 amide bonds. The SMILES string of the molecule is CSCc1cccc(Nc2ncc3ccc(Cl)c(OC4CCC(O[Si](C)(C)C(C)(C)C)CC4)c3n2)n1. The molecule has 1 aromatic carbocycles. The quantitative estimate of drug-likeness (QED) is 0.288. The smallest absolute Gasteiger partial charge is 0.229 e. The predicted molar refractivity (Wildman–Crippen MR) is 154 cm³/mol. The molecule has 6 nitrogen and oxygen atoms in total. The zero-order chi connectivity index (χ0) is 25.9. The highest BCUT2D eigenvalue weighted by Crippen LogP contribution is 2.40. The number of hydrogen-bond donors (Lipinski definition) is 1. The summed E-state index contributed by atoms with van der Waals surface area (Å²) >= 11 is 8.35. The van der Waals surface area contributed by atoms with Gasteiger partial charge in [0.1, 0.15) is 11.3 Å². The van der Waals surface area contributed by atoms with Gasteiger partial charge in [0, 0.05) is 23.4 Å². The lowest BCUT2D eigenvalue weighted by atomic mass is 9.95. The Morgan fingerprint density at radius 1 is 1.06 bits per heavy atom. The normalized spacial score (nSPS) is 18.9. The Morgan fingerprint density at radius 2 is 1.78 bits per heavy atom.